The van der Waals surface area contributed by atoms with Gasteiger partial charge < -0.3 is 14.2 Å². The molecule has 1 aliphatic rings. The zero-order chi connectivity index (χ0) is 20.0. The molecule has 0 bridgehead atoms. The highest BCUT2D eigenvalue weighted by Crippen LogP contribution is 2.39. The summed E-state index contributed by atoms with van der Waals surface area (Å²) in [6.07, 6.45) is 7.80. The van der Waals surface area contributed by atoms with Crippen molar-refractivity contribution in [3.63, 3.8) is 0 Å². The molecule has 0 radical (unpaired) electrons. The first kappa shape index (κ1) is 18.4. The Balaban J connectivity index is 1.72. The molecule has 0 unspecified atom stereocenters. The van der Waals surface area contributed by atoms with Crippen LogP contribution in [0.5, 0.6) is 5.75 Å². The van der Waals surface area contributed by atoms with Crippen LogP contribution in [0.15, 0.2) is 36.7 Å². The standard InChI is InChI=1S/C25H29N3O/c1-17-22-16-26-10-9-20(22)18(2)25-24(17)21-15-19(29-3)7-8-23(21)28(25)14-6-13-27-11-4-5-12-27/h7-10,15-16H,4-6,11-14H2,1-3H3. The Labute approximate surface area is 172 Å². The van der Waals surface area contributed by atoms with E-state index in [1.807, 2.05) is 12.4 Å². The third kappa shape index (κ3) is 2.98. The van der Waals surface area contributed by atoms with E-state index in [2.05, 4.69) is 52.6 Å². The summed E-state index contributed by atoms with van der Waals surface area (Å²) in [4.78, 5) is 7.01. The van der Waals surface area contributed by atoms with E-state index in [0.717, 1.165) is 12.3 Å². The highest BCUT2D eigenvalue weighted by atomic mass is 16.5. The van der Waals surface area contributed by atoms with Gasteiger partial charge >= 0.3 is 0 Å². The van der Waals surface area contributed by atoms with Crippen LogP contribution in [0.1, 0.15) is 30.4 Å². The highest BCUT2D eigenvalue weighted by molar-refractivity contribution is 6.17. The van der Waals surface area contributed by atoms with Crippen LogP contribution in [0, 0.1) is 13.8 Å². The number of nitrogens with zero attached hydrogens (tertiary/aromatic N) is 3. The molecule has 2 aromatic carbocycles. The molecule has 4 aromatic rings. The highest BCUT2D eigenvalue weighted by Gasteiger charge is 2.19. The zero-order valence-electron chi connectivity index (χ0n) is 17.7. The van der Waals surface area contributed by atoms with Crippen LogP contribution in [0.2, 0.25) is 0 Å². The van der Waals surface area contributed by atoms with Crippen LogP contribution >= 0.6 is 0 Å². The van der Waals surface area contributed by atoms with Crippen LogP contribution in [-0.2, 0) is 6.54 Å². The predicted octanol–water partition coefficient (Wildman–Crippen LogP) is 5.45. The number of fused-ring (bicyclic) bond motifs is 4. The molecule has 29 heavy (non-hydrogen) atoms. The van der Waals surface area contributed by atoms with Crippen LogP contribution in [-0.4, -0.2) is 41.2 Å². The second-order valence-corrected chi connectivity index (χ2v) is 8.33. The minimum absolute atomic E-state index is 0.914. The largest absolute Gasteiger partial charge is 0.497 e. The number of likely N-dealkylation sites (tertiary alicyclic amines) is 1. The molecule has 150 valence electrons. The fourth-order valence-electron chi connectivity index (χ4n) is 5.20. The fourth-order valence-corrected chi connectivity index (χ4v) is 5.20. The number of methoxy groups -OCH3 is 1. The van der Waals surface area contributed by atoms with Gasteiger partial charge in [-0.25, -0.2) is 0 Å². The first-order valence-corrected chi connectivity index (χ1v) is 10.7. The molecule has 0 amide bonds. The van der Waals surface area contributed by atoms with Crippen molar-refractivity contribution in [2.24, 2.45) is 0 Å². The van der Waals surface area contributed by atoms with Gasteiger partial charge in [0.15, 0.2) is 0 Å². The first-order chi connectivity index (χ1) is 14.2. The predicted molar refractivity (Wildman–Crippen MR) is 121 cm³/mol. The number of rotatable bonds is 5. The molecule has 1 saturated heterocycles. The smallest absolute Gasteiger partial charge is 0.119 e. The van der Waals surface area contributed by atoms with E-state index in [4.69, 9.17) is 4.74 Å². The second-order valence-electron chi connectivity index (χ2n) is 8.33. The molecular formula is C25H29N3O. The van der Waals surface area contributed by atoms with Crippen molar-refractivity contribution in [1.29, 1.82) is 0 Å². The molecule has 1 aliphatic heterocycles. The summed E-state index contributed by atoms with van der Waals surface area (Å²) in [5, 5.41) is 5.18. The van der Waals surface area contributed by atoms with Gasteiger partial charge in [0.25, 0.3) is 0 Å². The second kappa shape index (κ2) is 7.34. The van der Waals surface area contributed by atoms with Gasteiger partial charge in [0.2, 0.25) is 0 Å². The quantitative estimate of drug-likeness (QED) is 0.456. The Morgan fingerprint density at radius 1 is 0.966 bits per heavy atom. The monoisotopic (exact) mass is 387 g/mol. The van der Waals surface area contributed by atoms with Crippen molar-refractivity contribution >= 4 is 32.6 Å². The van der Waals surface area contributed by atoms with Gasteiger partial charge in [-0.15, -0.1) is 0 Å². The SMILES string of the molecule is COc1ccc2c(c1)c1c(C)c3cnccc3c(C)c1n2CCCN1CCCC1. The van der Waals surface area contributed by atoms with E-state index >= 15 is 0 Å². The normalized spacial score (nSPS) is 15.1. The summed E-state index contributed by atoms with van der Waals surface area (Å²) in [5.74, 6) is 0.914. The lowest BCUT2D eigenvalue weighted by Crippen LogP contribution is -2.21. The van der Waals surface area contributed by atoms with Gasteiger partial charge in [0, 0.05) is 40.6 Å². The minimum atomic E-state index is 0.914. The number of pyridine rings is 1. The molecule has 5 rings (SSSR count). The van der Waals surface area contributed by atoms with Gasteiger partial charge in [-0.05, 0) is 93.5 Å². The average Bonchev–Trinajstić information content (AvgIpc) is 3.38. The Morgan fingerprint density at radius 3 is 2.59 bits per heavy atom. The Bertz CT molecular complexity index is 1200. The van der Waals surface area contributed by atoms with Crippen LogP contribution in [0.25, 0.3) is 32.6 Å². The molecule has 3 heterocycles. The molecule has 0 spiro atoms. The molecule has 0 aliphatic carbocycles. The number of aromatic nitrogens is 2. The molecule has 0 atom stereocenters. The van der Waals surface area contributed by atoms with Gasteiger partial charge in [-0.1, -0.05) is 0 Å². The average molecular weight is 388 g/mol. The maximum Gasteiger partial charge on any atom is 0.119 e. The number of aryl methyl sites for hydroxylation is 3. The number of ether oxygens (including phenoxy) is 1. The van der Waals surface area contributed by atoms with E-state index in [-0.39, 0.29) is 0 Å². The van der Waals surface area contributed by atoms with Crippen LogP contribution in [0.3, 0.4) is 0 Å². The summed E-state index contributed by atoms with van der Waals surface area (Å²) in [6.45, 7) is 9.25. The molecule has 0 saturated carbocycles. The Morgan fingerprint density at radius 2 is 1.79 bits per heavy atom. The maximum atomic E-state index is 5.56. The van der Waals surface area contributed by atoms with Crippen molar-refractivity contribution in [1.82, 2.24) is 14.5 Å². The van der Waals surface area contributed by atoms with Crippen molar-refractivity contribution in [3.8, 4) is 5.75 Å². The lowest BCUT2D eigenvalue weighted by molar-refractivity contribution is 0.327. The van der Waals surface area contributed by atoms with E-state index in [1.165, 1.54) is 82.6 Å². The van der Waals surface area contributed by atoms with Crippen LogP contribution < -0.4 is 4.74 Å². The number of benzene rings is 2. The van der Waals surface area contributed by atoms with E-state index in [9.17, 15) is 0 Å². The summed E-state index contributed by atoms with van der Waals surface area (Å²) >= 11 is 0. The molecule has 1 fully saturated rings. The van der Waals surface area contributed by atoms with Gasteiger partial charge in [-0.3, -0.25) is 4.98 Å². The van der Waals surface area contributed by atoms with Crippen molar-refractivity contribution < 1.29 is 4.74 Å². The van der Waals surface area contributed by atoms with Gasteiger partial charge in [0.1, 0.15) is 5.75 Å². The first-order valence-electron chi connectivity index (χ1n) is 10.7. The fraction of sp³-hybridized carbons (Fsp3) is 0.400. The van der Waals surface area contributed by atoms with E-state index in [0.29, 0.717) is 0 Å². The minimum Gasteiger partial charge on any atom is -0.497 e. The topological polar surface area (TPSA) is 30.3 Å². The van der Waals surface area contributed by atoms with Crippen molar-refractivity contribution in [2.45, 2.75) is 39.7 Å². The van der Waals surface area contributed by atoms with Gasteiger partial charge in [0.05, 0.1) is 12.6 Å². The summed E-state index contributed by atoms with van der Waals surface area (Å²) in [6, 6.07) is 8.67. The molecule has 2 aromatic heterocycles. The summed E-state index contributed by atoms with van der Waals surface area (Å²) in [5.41, 5.74) is 5.33. The Kier molecular flexibility index (Phi) is 4.67. The van der Waals surface area contributed by atoms with Gasteiger partial charge in [-0.2, -0.15) is 0 Å². The zero-order valence-corrected chi connectivity index (χ0v) is 17.7. The van der Waals surface area contributed by atoms with Crippen molar-refractivity contribution in [3.05, 3.63) is 47.8 Å². The summed E-state index contributed by atoms with van der Waals surface area (Å²) < 4.78 is 8.10. The van der Waals surface area contributed by atoms with Crippen LogP contribution in [0.4, 0.5) is 0 Å². The molecule has 4 nitrogen and oxygen atoms in total. The molecule has 0 N–H and O–H groups in total. The molecular weight excluding hydrogens is 358 g/mol. The van der Waals surface area contributed by atoms with Crippen molar-refractivity contribution in [2.75, 3.05) is 26.7 Å². The van der Waals surface area contributed by atoms with E-state index < -0.39 is 0 Å². The lowest BCUT2D eigenvalue weighted by Gasteiger charge is -2.16. The Hall–Kier alpha value is -2.59. The van der Waals surface area contributed by atoms with E-state index in [1.54, 1.807) is 7.11 Å². The number of hydrogen-bond donors (Lipinski definition) is 0. The molecule has 4 heteroatoms. The third-order valence-electron chi connectivity index (χ3n) is 6.68. The third-order valence-corrected chi connectivity index (χ3v) is 6.68. The maximum absolute atomic E-state index is 5.56. The lowest BCUT2D eigenvalue weighted by atomic mass is 9.97. The number of hydrogen-bond acceptors (Lipinski definition) is 3. The summed E-state index contributed by atoms with van der Waals surface area (Å²) in [7, 11) is 1.74.